The van der Waals surface area contributed by atoms with E-state index in [1.807, 2.05) is 26.0 Å². The number of pyridine rings is 3. The van der Waals surface area contributed by atoms with Crippen LogP contribution in [0.25, 0.3) is 22.0 Å². The topological polar surface area (TPSA) is 136 Å². The maximum Gasteiger partial charge on any atom is 0.238 e. The number of halogens is 1. The van der Waals surface area contributed by atoms with Crippen LogP contribution in [0.4, 0.5) is 15.8 Å². The van der Waals surface area contributed by atoms with E-state index in [1.54, 1.807) is 37.5 Å². The van der Waals surface area contributed by atoms with Crippen LogP contribution in [0, 0.1) is 5.82 Å². The van der Waals surface area contributed by atoms with E-state index in [0.29, 0.717) is 47.4 Å². The molecule has 1 spiro atoms. The van der Waals surface area contributed by atoms with Crippen LogP contribution in [0.1, 0.15) is 43.7 Å². The van der Waals surface area contributed by atoms with Crippen LogP contribution >= 0.6 is 0 Å². The molecule has 1 aliphatic carbocycles. The zero-order valence-electron chi connectivity index (χ0n) is 25.7. The van der Waals surface area contributed by atoms with E-state index in [4.69, 9.17) is 9.47 Å². The number of aromatic nitrogens is 3. The molecule has 4 aromatic rings. The van der Waals surface area contributed by atoms with Crippen molar-refractivity contribution in [1.82, 2.24) is 20.3 Å². The van der Waals surface area contributed by atoms with Gasteiger partial charge in [0.05, 0.1) is 36.2 Å². The Morgan fingerprint density at radius 1 is 1.13 bits per heavy atom. The second-order valence-corrected chi connectivity index (χ2v) is 13.7. The lowest BCUT2D eigenvalue weighted by Crippen LogP contribution is -2.47. The first-order valence-electron chi connectivity index (χ1n) is 14.7. The third-order valence-corrected chi connectivity index (χ3v) is 9.06. The molecule has 11 nitrogen and oxygen atoms in total. The highest BCUT2D eigenvalue weighted by Crippen LogP contribution is 2.60. The summed E-state index contributed by atoms with van der Waals surface area (Å²) in [4.78, 5) is 28.5. The van der Waals surface area contributed by atoms with Crippen molar-refractivity contribution in [3.63, 3.8) is 0 Å². The maximum absolute atomic E-state index is 15.7. The highest BCUT2D eigenvalue weighted by molar-refractivity contribution is 7.92. The molecule has 1 aromatic carbocycles. The number of carbonyl (C=O) groups is 1. The molecule has 1 saturated carbocycles. The first-order valence-corrected chi connectivity index (χ1v) is 16.5. The second kappa shape index (κ2) is 11.5. The summed E-state index contributed by atoms with van der Waals surface area (Å²) in [6, 6.07) is 8.61. The van der Waals surface area contributed by atoms with Crippen LogP contribution in [0.15, 0.2) is 48.9 Å². The molecule has 13 heteroatoms. The summed E-state index contributed by atoms with van der Waals surface area (Å²) in [6.07, 6.45) is 6.94. The number of hydrogen-bond acceptors (Lipinski definition) is 9. The number of ether oxygens (including phenoxy) is 2. The number of nitrogens with zero attached hydrogens (tertiary/aromatic N) is 4. The third-order valence-electron chi connectivity index (χ3n) is 8.47. The fourth-order valence-corrected chi connectivity index (χ4v) is 6.93. The second-order valence-electron chi connectivity index (χ2n) is 12.0. The van der Waals surface area contributed by atoms with Gasteiger partial charge in [-0.1, -0.05) is 13.8 Å². The molecular formula is C32H35FN6O5S. The van der Waals surface area contributed by atoms with E-state index >= 15 is 4.39 Å². The van der Waals surface area contributed by atoms with Crippen molar-refractivity contribution in [2.75, 3.05) is 43.2 Å². The van der Waals surface area contributed by atoms with E-state index in [9.17, 15) is 13.2 Å². The molecule has 45 heavy (non-hydrogen) atoms. The van der Waals surface area contributed by atoms with E-state index in [0.717, 1.165) is 17.4 Å². The van der Waals surface area contributed by atoms with Crippen molar-refractivity contribution < 1.29 is 27.1 Å². The van der Waals surface area contributed by atoms with Crippen LogP contribution in [0.5, 0.6) is 11.8 Å². The van der Waals surface area contributed by atoms with Crippen LogP contribution in [0.2, 0.25) is 0 Å². The standard InChI is InChI=1S/C32H35FN6O5S/c1-18(2)34-8-9-44-30-26(38-45(5,41)42)10-20(16-37-30)22-12-23-25(13-24(22)33)36-17-27-29(23)32(31(40)39(27)3)14-21(15-32)19-6-7-35-28(11-19)43-4/h6-7,10-13,16-18,21,34,38H,8-9,14-15H2,1-5H3/t21-,32-. The number of hydrogen-bond donors (Lipinski definition) is 2. The summed E-state index contributed by atoms with van der Waals surface area (Å²) >= 11 is 0. The maximum atomic E-state index is 15.7. The Hall–Kier alpha value is -4.36. The average Bonchev–Trinajstić information content (AvgIpc) is 3.20. The number of likely N-dealkylation sites (N-methyl/N-ethyl adjacent to an activating group) is 1. The summed E-state index contributed by atoms with van der Waals surface area (Å²) in [5.74, 6) is 0.132. The lowest BCUT2D eigenvalue weighted by molar-refractivity contribution is -0.126. The van der Waals surface area contributed by atoms with Gasteiger partial charge in [-0.2, -0.15) is 0 Å². The lowest BCUT2D eigenvalue weighted by atomic mass is 9.57. The van der Waals surface area contributed by atoms with Crippen molar-refractivity contribution in [2.24, 2.45) is 0 Å². The number of amides is 1. The molecule has 1 aliphatic heterocycles. The van der Waals surface area contributed by atoms with Gasteiger partial charge >= 0.3 is 0 Å². The molecular weight excluding hydrogens is 599 g/mol. The Balaban J connectivity index is 1.40. The predicted molar refractivity (Wildman–Crippen MR) is 170 cm³/mol. The molecule has 6 rings (SSSR count). The molecule has 0 atom stereocenters. The molecule has 3 aromatic heterocycles. The molecule has 4 heterocycles. The van der Waals surface area contributed by atoms with Crippen LogP contribution in [-0.2, 0) is 20.2 Å². The minimum Gasteiger partial charge on any atom is -0.481 e. The monoisotopic (exact) mass is 634 g/mol. The number of benzene rings is 1. The molecule has 0 bridgehead atoms. The van der Waals surface area contributed by atoms with Crippen molar-refractivity contribution in [3.05, 3.63) is 65.9 Å². The molecule has 236 valence electrons. The van der Waals surface area contributed by atoms with E-state index < -0.39 is 21.3 Å². The molecule has 0 radical (unpaired) electrons. The number of rotatable bonds is 10. The van der Waals surface area contributed by atoms with Crippen molar-refractivity contribution >= 4 is 38.2 Å². The average molecular weight is 635 g/mol. The van der Waals surface area contributed by atoms with Gasteiger partial charge in [0.2, 0.25) is 27.7 Å². The van der Waals surface area contributed by atoms with Gasteiger partial charge in [0.1, 0.15) is 18.1 Å². The highest BCUT2D eigenvalue weighted by Gasteiger charge is 2.58. The smallest absolute Gasteiger partial charge is 0.238 e. The SMILES string of the molecule is COc1cc([C@H]2C[C@@]3(C2)C(=O)N(C)c2cnc4cc(F)c(-c5cnc(OCCNC(C)C)c(NS(C)(=O)=O)c5)cc4c23)ccn1. The minimum atomic E-state index is -3.70. The number of sulfonamides is 1. The summed E-state index contributed by atoms with van der Waals surface area (Å²) in [6.45, 7) is 4.79. The first kappa shape index (κ1) is 30.7. The fourth-order valence-electron chi connectivity index (χ4n) is 6.39. The molecule has 2 N–H and O–H groups in total. The highest BCUT2D eigenvalue weighted by atomic mass is 32.2. The minimum absolute atomic E-state index is 0.0234. The Bertz CT molecular complexity index is 1910. The van der Waals surface area contributed by atoms with Gasteiger partial charge in [0.25, 0.3) is 0 Å². The van der Waals surface area contributed by atoms with E-state index in [2.05, 4.69) is 25.0 Å². The van der Waals surface area contributed by atoms with Gasteiger partial charge in [-0.3, -0.25) is 14.5 Å². The van der Waals surface area contributed by atoms with Crippen molar-refractivity contribution in [1.29, 1.82) is 0 Å². The Morgan fingerprint density at radius 2 is 1.91 bits per heavy atom. The number of methoxy groups -OCH3 is 1. The van der Waals surface area contributed by atoms with Gasteiger partial charge < -0.3 is 19.7 Å². The molecule has 0 unspecified atom stereocenters. The lowest BCUT2D eigenvalue weighted by Gasteiger charge is -2.44. The third kappa shape index (κ3) is 5.66. The Labute approximate surface area is 261 Å². The summed E-state index contributed by atoms with van der Waals surface area (Å²) in [5.41, 5.74) is 2.81. The van der Waals surface area contributed by atoms with Gasteiger partial charge in [0.15, 0.2) is 0 Å². The molecule has 2 aliphatic rings. The Kier molecular flexibility index (Phi) is 7.86. The first-order chi connectivity index (χ1) is 21.4. The number of nitrogens with one attached hydrogen (secondary N) is 2. The zero-order chi connectivity index (χ0) is 32.1. The van der Waals surface area contributed by atoms with E-state index in [-0.39, 0.29) is 41.6 Å². The van der Waals surface area contributed by atoms with Gasteiger partial charge in [-0.05, 0) is 42.5 Å². The van der Waals surface area contributed by atoms with Crippen LogP contribution in [-0.4, -0.2) is 68.9 Å². The van der Waals surface area contributed by atoms with Crippen LogP contribution in [0.3, 0.4) is 0 Å². The predicted octanol–water partition coefficient (Wildman–Crippen LogP) is 4.38. The largest absolute Gasteiger partial charge is 0.481 e. The van der Waals surface area contributed by atoms with E-state index in [1.165, 1.54) is 18.3 Å². The summed E-state index contributed by atoms with van der Waals surface area (Å²) < 4.78 is 53.6. The van der Waals surface area contributed by atoms with Crippen molar-refractivity contribution in [3.8, 4) is 22.9 Å². The zero-order valence-corrected chi connectivity index (χ0v) is 26.5. The molecule has 0 saturated heterocycles. The quantitative estimate of drug-likeness (QED) is 0.244. The van der Waals surface area contributed by atoms with Gasteiger partial charge in [-0.15, -0.1) is 0 Å². The summed E-state index contributed by atoms with van der Waals surface area (Å²) in [5, 5.41) is 3.88. The van der Waals surface area contributed by atoms with Crippen LogP contribution < -0.4 is 24.4 Å². The molecule has 1 amide bonds. The normalized spacial score (nSPS) is 19.2. The fraction of sp³-hybridized carbons (Fsp3) is 0.375. The van der Waals surface area contributed by atoms with Gasteiger partial charge in [0, 0.05) is 66.2 Å². The van der Waals surface area contributed by atoms with Gasteiger partial charge in [-0.25, -0.2) is 22.8 Å². The number of fused-ring (bicyclic) bond motifs is 4. The Morgan fingerprint density at radius 3 is 2.62 bits per heavy atom. The van der Waals surface area contributed by atoms with Crippen molar-refractivity contribution in [2.45, 2.75) is 44.1 Å². The number of carbonyl (C=O) groups excluding carboxylic acids is 1. The number of anilines is 2. The molecule has 1 fully saturated rings. The summed E-state index contributed by atoms with van der Waals surface area (Å²) in [7, 11) is -0.393.